The number of nitrogens with zero attached hydrogens (tertiary/aromatic N) is 2. The Kier molecular flexibility index (Phi) is 4.15. The van der Waals surface area contributed by atoms with Crippen LogP contribution < -0.4 is 5.32 Å². The first-order chi connectivity index (χ1) is 8.65. The lowest BCUT2D eigenvalue weighted by atomic mass is 10.2. The van der Waals surface area contributed by atoms with Crippen molar-refractivity contribution in [2.45, 2.75) is 27.3 Å². The van der Waals surface area contributed by atoms with Gasteiger partial charge in [-0.05, 0) is 42.6 Å². The lowest BCUT2D eigenvalue weighted by Gasteiger charge is -2.08. The second kappa shape index (κ2) is 5.83. The third-order valence-corrected chi connectivity index (χ3v) is 2.79. The van der Waals surface area contributed by atoms with Gasteiger partial charge in [-0.1, -0.05) is 26.0 Å². The molecule has 0 unspecified atom stereocenters. The Morgan fingerprint density at radius 3 is 2.50 bits per heavy atom. The normalized spacial score (nSPS) is 11.1. The molecule has 3 nitrogen and oxygen atoms in total. The summed E-state index contributed by atoms with van der Waals surface area (Å²) in [5.74, 6) is 0.691. The van der Waals surface area contributed by atoms with Crippen molar-refractivity contribution in [2.24, 2.45) is 5.92 Å². The Labute approximate surface area is 109 Å². The van der Waals surface area contributed by atoms with E-state index in [1.807, 2.05) is 24.0 Å². The molecular formula is C15H21N3. The zero-order valence-electron chi connectivity index (χ0n) is 11.4. The average Bonchev–Trinajstić information content (AvgIpc) is 2.76. The highest BCUT2D eigenvalue weighted by molar-refractivity contribution is 5.34. The van der Waals surface area contributed by atoms with Gasteiger partial charge in [-0.25, -0.2) is 4.68 Å². The van der Waals surface area contributed by atoms with Crippen LogP contribution in [0.2, 0.25) is 0 Å². The van der Waals surface area contributed by atoms with E-state index >= 15 is 0 Å². The van der Waals surface area contributed by atoms with Crippen LogP contribution in [0, 0.1) is 12.8 Å². The van der Waals surface area contributed by atoms with Crippen molar-refractivity contribution in [2.75, 3.05) is 6.54 Å². The van der Waals surface area contributed by atoms with Crippen LogP contribution in [0.3, 0.4) is 0 Å². The molecule has 1 aromatic heterocycles. The molecule has 1 heterocycles. The summed E-state index contributed by atoms with van der Waals surface area (Å²) in [5.41, 5.74) is 3.59. The van der Waals surface area contributed by atoms with Gasteiger partial charge >= 0.3 is 0 Å². The predicted octanol–water partition coefficient (Wildman–Crippen LogP) is 2.93. The number of aryl methyl sites for hydroxylation is 1. The van der Waals surface area contributed by atoms with Crippen molar-refractivity contribution in [3.63, 3.8) is 0 Å². The fourth-order valence-corrected chi connectivity index (χ4v) is 1.83. The molecule has 3 heteroatoms. The van der Waals surface area contributed by atoms with E-state index in [4.69, 9.17) is 0 Å². The van der Waals surface area contributed by atoms with Crippen LogP contribution >= 0.6 is 0 Å². The summed E-state index contributed by atoms with van der Waals surface area (Å²) in [6.45, 7) is 8.47. The topological polar surface area (TPSA) is 29.9 Å². The van der Waals surface area contributed by atoms with Gasteiger partial charge in [0.1, 0.15) is 0 Å². The third kappa shape index (κ3) is 3.44. The second-order valence-electron chi connectivity index (χ2n) is 5.15. The van der Waals surface area contributed by atoms with Crippen LogP contribution in [0.15, 0.2) is 36.7 Å². The zero-order valence-corrected chi connectivity index (χ0v) is 11.4. The molecule has 0 saturated heterocycles. The van der Waals surface area contributed by atoms with Crippen molar-refractivity contribution < 1.29 is 0 Å². The standard InChI is InChI=1S/C15H21N3/c1-12(2)8-16-10-14-4-6-15(7-5-14)18-11-13(3)9-17-18/h4-7,9,11-12,16H,8,10H2,1-3H3. The molecule has 0 amide bonds. The lowest BCUT2D eigenvalue weighted by molar-refractivity contribution is 0.552. The smallest absolute Gasteiger partial charge is 0.0645 e. The fourth-order valence-electron chi connectivity index (χ4n) is 1.83. The molecule has 0 atom stereocenters. The van der Waals surface area contributed by atoms with E-state index in [0.717, 1.165) is 18.8 Å². The molecule has 0 aliphatic heterocycles. The molecule has 18 heavy (non-hydrogen) atoms. The summed E-state index contributed by atoms with van der Waals surface area (Å²) in [7, 11) is 0. The Hall–Kier alpha value is -1.61. The Bertz CT molecular complexity index is 483. The lowest BCUT2D eigenvalue weighted by Crippen LogP contribution is -2.18. The van der Waals surface area contributed by atoms with Crippen molar-refractivity contribution in [1.29, 1.82) is 0 Å². The summed E-state index contributed by atoms with van der Waals surface area (Å²) < 4.78 is 1.90. The van der Waals surface area contributed by atoms with Crippen LogP contribution in [-0.2, 0) is 6.54 Å². The second-order valence-corrected chi connectivity index (χ2v) is 5.15. The molecule has 0 aliphatic carbocycles. The molecule has 1 aromatic carbocycles. The van der Waals surface area contributed by atoms with Crippen molar-refractivity contribution in [3.8, 4) is 5.69 Å². The number of benzene rings is 1. The summed E-state index contributed by atoms with van der Waals surface area (Å²) in [4.78, 5) is 0. The average molecular weight is 243 g/mol. The SMILES string of the molecule is Cc1cnn(-c2ccc(CNCC(C)C)cc2)c1. The largest absolute Gasteiger partial charge is 0.312 e. The molecule has 2 rings (SSSR count). The number of nitrogens with one attached hydrogen (secondary N) is 1. The van der Waals surface area contributed by atoms with Crippen LogP contribution in [-0.4, -0.2) is 16.3 Å². The summed E-state index contributed by atoms with van der Waals surface area (Å²) >= 11 is 0. The van der Waals surface area contributed by atoms with E-state index in [1.54, 1.807) is 0 Å². The molecule has 0 fully saturated rings. The minimum Gasteiger partial charge on any atom is -0.312 e. The maximum atomic E-state index is 4.30. The van der Waals surface area contributed by atoms with E-state index in [1.165, 1.54) is 11.1 Å². The highest BCUT2D eigenvalue weighted by Gasteiger charge is 1.99. The van der Waals surface area contributed by atoms with E-state index in [9.17, 15) is 0 Å². The van der Waals surface area contributed by atoms with Gasteiger partial charge in [-0.3, -0.25) is 0 Å². The first-order valence-electron chi connectivity index (χ1n) is 6.46. The number of hydrogen-bond acceptors (Lipinski definition) is 2. The fraction of sp³-hybridized carbons (Fsp3) is 0.400. The first kappa shape index (κ1) is 12.8. The molecule has 0 spiro atoms. The quantitative estimate of drug-likeness (QED) is 0.875. The molecule has 0 radical (unpaired) electrons. The summed E-state index contributed by atoms with van der Waals surface area (Å²) in [5, 5.41) is 7.74. The predicted molar refractivity (Wildman–Crippen MR) is 74.8 cm³/mol. The van der Waals surface area contributed by atoms with Gasteiger partial charge in [0.2, 0.25) is 0 Å². The molecule has 2 aromatic rings. The van der Waals surface area contributed by atoms with E-state index in [0.29, 0.717) is 5.92 Å². The summed E-state index contributed by atoms with van der Waals surface area (Å²) in [6, 6.07) is 8.52. The summed E-state index contributed by atoms with van der Waals surface area (Å²) in [6.07, 6.45) is 3.91. The van der Waals surface area contributed by atoms with E-state index in [-0.39, 0.29) is 0 Å². The minimum absolute atomic E-state index is 0.691. The highest BCUT2D eigenvalue weighted by Crippen LogP contribution is 2.09. The highest BCUT2D eigenvalue weighted by atomic mass is 15.3. The van der Waals surface area contributed by atoms with Crippen molar-refractivity contribution in [1.82, 2.24) is 15.1 Å². The maximum absolute atomic E-state index is 4.30. The van der Waals surface area contributed by atoms with Crippen LogP contribution in [0.4, 0.5) is 0 Å². The molecule has 0 saturated carbocycles. The molecular weight excluding hydrogens is 222 g/mol. The van der Waals surface area contributed by atoms with Gasteiger partial charge in [-0.2, -0.15) is 5.10 Å². The van der Waals surface area contributed by atoms with Gasteiger partial charge in [0.05, 0.1) is 11.9 Å². The van der Waals surface area contributed by atoms with Gasteiger partial charge in [0.25, 0.3) is 0 Å². The Morgan fingerprint density at radius 2 is 1.94 bits per heavy atom. The monoisotopic (exact) mass is 243 g/mol. The van der Waals surface area contributed by atoms with Gasteiger partial charge in [-0.15, -0.1) is 0 Å². The van der Waals surface area contributed by atoms with E-state index < -0.39 is 0 Å². The van der Waals surface area contributed by atoms with Crippen LogP contribution in [0.5, 0.6) is 0 Å². The van der Waals surface area contributed by atoms with Gasteiger partial charge < -0.3 is 5.32 Å². The third-order valence-electron chi connectivity index (χ3n) is 2.79. The molecule has 0 bridgehead atoms. The molecule has 1 N–H and O–H groups in total. The number of hydrogen-bond donors (Lipinski definition) is 1. The number of rotatable bonds is 5. The zero-order chi connectivity index (χ0) is 13.0. The van der Waals surface area contributed by atoms with Crippen LogP contribution in [0.25, 0.3) is 5.69 Å². The number of aromatic nitrogens is 2. The molecule has 96 valence electrons. The van der Waals surface area contributed by atoms with Crippen molar-refractivity contribution in [3.05, 3.63) is 47.8 Å². The van der Waals surface area contributed by atoms with E-state index in [2.05, 4.69) is 48.5 Å². The van der Waals surface area contributed by atoms with Crippen molar-refractivity contribution >= 4 is 0 Å². The van der Waals surface area contributed by atoms with Gasteiger partial charge in [0, 0.05) is 12.7 Å². The molecule has 0 aliphatic rings. The minimum atomic E-state index is 0.691. The Morgan fingerprint density at radius 1 is 1.22 bits per heavy atom. The Balaban J connectivity index is 1.97. The maximum Gasteiger partial charge on any atom is 0.0645 e. The first-order valence-corrected chi connectivity index (χ1v) is 6.46. The van der Waals surface area contributed by atoms with Crippen LogP contribution in [0.1, 0.15) is 25.0 Å². The van der Waals surface area contributed by atoms with Gasteiger partial charge in [0.15, 0.2) is 0 Å².